The van der Waals surface area contributed by atoms with Crippen molar-refractivity contribution in [3.8, 4) is 5.75 Å². The highest BCUT2D eigenvalue weighted by Crippen LogP contribution is 2.41. The summed E-state index contributed by atoms with van der Waals surface area (Å²) < 4.78 is 42.4. The normalized spacial score (nSPS) is 18.2. The van der Waals surface area contributed by atoms with Crippen LogP contribution in [-0.4, -0.2) is 65.3 Å². The van der Waals surface area contributed by atoms with Crippen molar-refractivity contribution in [2.75, 3.05) is 29.4 Å². The number of urea groups is 1. The molecule has 2 unspecified atom stereocenters. The second-order valence-electron chi connectivity index (χ2n) is 14.5. The fraction of sp³-hybridized carbons (Fsp3) is 0.641. The van der Waals surface area contributed by atoms with Crippen LogP contribution in [0.3, 0.4) is 0 Å². The first-order valence-corrected chi connectivity index (χ1v) is 19.1. The number of halogens is 3. The molecule has 4 rings (SSSR count). The van der Waals surface area contributed by atoms with Crippen molar-refractivity contribution in [3.63, 3.8) is 0 Å². The molecule has 0 aliphatic carbocycles. The average molecular weight is 731 g/mol. The summed E-state index contributed by atoms with van der Waals surface area (Å²) >= 11 is 0. The molecule has 0 bridgehead atoms. The standard InChI is InChI=1S/C39H57F3N6O4/c1-5-6-7-8-9-10-11-12-13-14-15-16-17-18-34(49)45-35(32-23-24-43-28-33(32)46-26-25-44-27-29(46)2)48-37(51)47(36(50)38(48,3)4)30-19-21-31(22-20-30)52-39(40,41)42/h19-24,28-29,35,44H,5-18,25-27H2,1-4H3,(H,45,49). The van der Waals surface area contributed by atoms with Gasteiger partial charge in [-0.05, 0) is 57.5 Å². The van der Waals surface area contributed by atoms with E-state index in [1.165, 1.54) is 74.8 Å². The number of anilines is 2. The number of hydrogen-bond donors (Lipinski definition) is 2. The Bertz CT molecular complexity index is 1450. The number of pyridine rings is 1. The summed E-state index contributed by atoms with van der Waals surface area (Å²) in [4.78, 5) is 50.8. The van der Waals surface area contributed by atoms with Gasteiger partial charge in [-0.1, -0.05) is 84.0 Å². The number of alkyl halides is 3. The molecule has 0 radical (unpaired) electrons. The first kappa shape index (κ1) is 40.9. The van der Waals surface area contributed by atoms with Crippen LogP contribution in [0.2, 0.25) is 0 Å². The molecule has 2 fully saturated rings. The van der Waals surface area contributed by atoms with Crippen molar-refractivity contribution in [2.45, 2.75) is 142 Å². The Morgan fingerprint density at radius 1 is 0.962 bits per heavy atom. The third-order valence-corrected chi connectivity index (χ3v) is 10.1. The Morgan fingerprint density at radius 2 is 1.56 bits per heavy atom. The molecule has 2 aliphatic heterocycles. The van der Waals surface area contributed by atoms with Gasteiger partial charge >= 0.3 is 12.4 Å². The quantitative estimate of drug-likeness (QED) is 0.104. The molecule has 10 nitrogen and oxygen atoms in total. The van der Waals surface area contributed by atoms with Crippen LogP contribution >= 0.6 is 0 Å². The number of unbranched alkanes of at least 4 members (excludes halogenated alkanes) is 12. The average Bonchev–Trinajstić information content (AvgIpc) is 3.28. The van der Waals surface area contributed by atoms with Crippen LogP contribution < -0.4 is 25.2 Å². The van der Waals surface area contributed by atoms with E-state index in [1.807, 2.05) is 0 Å². The molecule has 2 aliphatic rings. The van der Waals surface area contributed by atoms with Gasteiger partial charge in [0, 0.05) is 43.9 Å². The van der Waals surface area contributed by atoms with Crippen molar-refractivity contribution in [3.05, 3.63) is 48.3 Å². The van der Waals surface area contributed by atoms with E-state index in [1.54, 1.807) is 32.3 Å². The molecular weight excluding hydrogens is 673 g/mol. The highest BCUT2D eigenvalue weighted by atomic mass is 19.4. The predicted octanol–water partition coefficient (Wildman–Crippen LogP) is 8.62. The maximum atomic E-state index is 14.3. The molecule has 0 saturated carbocycles. The number of piperazine rings is 1. The Hall–Kier alpha value is -3.87. The fourth-order valence-electron chi connectivity index (χ4n) is 7.14. The fourth-order valence-corrected chi connectivity index (χ4v) is 7.14. The maximum Gasteiger partial charge on any atom is 0.573 e. The number of carbonyl (C=O) groups excluding carboxylic acids is 3. The summed E-state index contributed by atoms with van der Waals surface area (Å²) in [5, 5.41) is 6.47. The smallest absolute Gasteiger partial charge is 0.406 e. The van der Waals surface area contributed by atoms with Crippen LogP contribution in [0.5, 0.6) is 5.75 Å². The molecule has 2 aromatic rings. The number of benzene rings is 1. The predicted molar refractivity (Wildman–Crippen MR) is 197 cm³/mol. The summed E-state index contributed by atoms with van der Waals surface area (Å²) in [6, 6.07) is 5.73. The van der Waals surface area contributed by atoms with Crippen LogP contribution in [0.4, 0.5) is 29.3 Å². The lowest BCUT2D eigenvalue weighted by atomic mass is 9.99. The van der Waals surface area contributed by atoms with Gasteiger partial charge in [0.15, 0.2) is 0 Å². The molecule has 4 amide bonds. The van der Waals surface area contributed by atoms with Gasteiger partial charge in [-0.25, -0.2) is 9.69 Å². The topological polar surface area (TPSA) is 107 Å². The number of carbonyl (C=O) groups is 3. The molecule has 52 heavy (non-hydrogen) atoms. The van der Waals surface area contributed by atoms with Gasteiger partial charge in [0.2, 0.25) is 5.91 Å². The molecule has 2 atom stereocenters. The van der Waals surface area contributed by atoms with Gasteiger partial charge < -0.3 is 20.3 Å². The number of imide groups is 1. The van der Waals surface area contributed by atoms with Crippen LogP contribution in [0.15, 0.2) is 42.7 Å². The number of aromatic nitrogens is 1. The largest absolute Gasteiger partial charge is 0.573 e. The highest BCUT2D eigenvalue weighted by Gasteiger charge is 2.55. The van der Waals surface area contributed by atoms with E-state index >= 15 is 0 Å². The maximum absolute atomic E-state index is 14.3. The van der Waals surface area contributed by atoms with Gasteiger partial charge in [-0.2, -0.15) is 0 Å². The van der Waals surface area contributed by atoms with Gasteiger partial charge in [-0.3, -0.25) is 19.5 Å². The molecule has 288 valence electrons. The van der Waals surface area contributed by atoms with Gasteiger partial charge in [0.25, 0.3) is 5.91 Å². The van der Waals surface area contributed by atoms with Crippen LogP contribution in [-0.2, 0) is 9.59 Å². The summed E-state index contributed by atoms with van der Waals surface area (Å²) in [7, 11) is 0. The van der Waals surface area contributed by atoms with E-state index in [0.29, 0.717) is 18.5 Å². The number of hydrogen-bond acceptors (Lipinski definition) is 7. The lowest BCUT2D eigenvalue weighted by Gasteiger charge is -2.41. The van der Waals surface area contributed by atoms with Crippen molar-refractivity contribution in [1.29, 1.82) is 0 Å². The van der Waals surface area contributed by atoms with Gasteiger partial charge in [0.05, 0.1) is 17.6 Å². The van der Waals surface area contributed by atoms with Crippen molar-refractivity contribution >= 4 is 29.2 Å². The highest BCUT2D eigenvalue weighted by molar-refractivity contribution is 6.23. The van der Waals surface area contributed by atoms with Crippen LogP contribution in [0, 0.1) is 0 Å². The second kappa shape index (κ2) is 19.3. The SMILES string of the molecule is CCCCCCCCCCCCCCCC(=O)NC(c1ccncc1N1CCNCC1C)N1C(=O)N(c2ccc(OC(F)(F)F)cc2)C(=O)C1(C)C. The zero-order valence-corrected chi connectivity index (χ0v) is 31.3. The Morgan fingerprint density at radius 3 is 2.13 bits per heavy atom. The van der Waals surface area contributed by atoms with Crippen molar-refractivity contribution < 1.29 is 32.3 Å². The second-order valence-corrected chi connectivity index (χ2v) is 14.5. The van der Waals surface area contributed by atoms with Crippen LogP contribution in [0.25, 0.3) is 0 Å². The molecule has 2 N–H and O–H groups in total. The minimum absolute atomic E-state index is 0.0860. The monoisotopic (exact) mass is 730 g/mol. The third kappa shape index (κ3) is 11.1. The Labute approximate surface area is 306 Å². The minimum atomic E-state index is -4.89. The van der Waals surface area contributed by atoms with Crippen molar-refractivity contribution in [1.82, 2.24) is 20.5 Å². The molecule has 13 heteroatoms. The molecule has 1 aromatic carbocycles. The zero-order valence-electron chi connectivity index (χ0n) is 31.3. The lowest BCUT2D eigenvalue weighted by molar-refractivity contribution is -0.274. The van der Waals surface area contributed by atoms with E-state index in [4.69, 9.17) is 0 Å². The van der Waals surface area contributed by atoms with Crippen molar-refractivity contribution in [2.24, 2.45) is 0 Å². The Balaban J connectivity index is 1.47. The Kier molecular flexibility index (Phi) is 15.2. The number of rotatable bonds is 20. The van der Waals surface area contributed by atoms with Gasteiger partial charge in [0.1, 0.15) is 17.5 Å². The van der Waals surface area contributed by atoms with E-state index in [2.05, 4.69) is 39.1 Å². The summed E-state index contributed by atoms with van der Waals surface area (Å²) in [5.41, 5.74) is 0.0163. The number of amides is 4. The summed E-state index contributed by atoms with van der Waals surface area (Å²) in [6.07, 6.45) is 13.1. The molecule has 2 saturated heterocycles. The minimum Gasteiger partial charge on any atom is -0.406 e. The molecule has 3 heterocycles. The summed E-state index contributed by atoms with van der Waals surface area (Å²) in [5.74, 6) is -1.30. The van der Waals surface area contributed by atoms with Crippen LogP contribution in [0.1, 0.15) is 129 Å². The first-order valence-electron chi connectivity index (χ1n) is 19.1. The third-order valence-electron chi connectivity index (χ3n) is 10.1. The number of ether oxygens (including phenoxy) is 1. The van der Waals surface area contributed by atoms with E-state index in [0.717, 1.165) is 55.1 Å². The molecular formula is C39H57F3N6O4. The van der Waals surface area contributed by atoms with E-state index in [9.17, 15) is 27.6 Å². The zero-order chi connectivity index (χ0) is 37.7. The molecule has 0 spiro atoms. The van der Waals surface area contributed by atoms with Gasteiger partial charge in [-0.15, -0.1) is 13.2 Å². The lowest BCUT2D eigenvalue weighted by Crippen LogP contribution is -2.53. The van der Waals surface area contributed by atoms with E-state index in [-0.39, 0.29) is 24.1 Å². The van der Waals surface area contributed by atoms with E-state index < -0.39 is 35.8 Å². The number of nitrogens with one attached hydrogen (secondary N) is 2. The summed E-state index contributed by atoms with van der Waals surface area (Å²) in [6.45, 7) is 9.67. The number of nitrogens with zero attached hydrogens (tertiary/aromatic N) is 4. The molecule has 1 aromatic heterocycles. The first-order chi connectivity index (χ1) is 24.8.